The molecule has 1 aromatic carbocycles. The lowest BCUT2D eigenvalue weighted by atomic mass is 10.2. The molecule has 0 bridgehead atoms. The molecule has 0 radical (unpaired) electrons. The second-order valence-electron chi connectivity index (χ2n) is 5.21. The van der Waals surface area contributed by atoms with Crippen LogP contribution in [0.1, 0.15) is 28.7 Å². The van der Waals surface area contributed by atoms with Gasteiger partial charge in [0.15, 0.2) is 5.69 Å². The summed E-state index contributed by atoms with van der Waals surface area (Å²) in [4.78, 5) is 13.6. The van der Waals surface area contributed by atoms with Gasteiger partial charge in [0.05, 0.1) is 6.54 Å². The van der Waals surface area contributed by atoms with Crippen molar-refractivity contribution in [2.24, 2.45) is 0 Å². The number of carbonyl (C=O) groups excluding carboxylic acids is 1. The van der Waals surface area contributed by atoms with E-state index in [0.717, 1.165) is 5.56 Å². The number of aromatic nitrogens is 2. The monoisotopic (exact) mass is 341 g/mol. The van der Waals surface area contributed by atoms with Crippen LogP contribution in [0.2, 0.25) is 0 Å². The first kappa shape index (κ1) is 17.8. The molecule has 24 heavy (non-hydrogen) atoms. The number of hydrogen-bond acceptors (Lipinski definition) is 3. The Hall–Kier alpha value is -2.51. The van der Waals surface area contributed by atoms with Crippen molar-refractivity contribution in [1.82, 2.24) is 15.1 Å². The number of halogens is 3. The SMILES string of the molecule is CCN(CCOc1cccc(C)c1)C(=O)c1cc(C(F)(F)F)[nH]n1. The molecule has 130 valence electrons. The first-order chi connectivity index (χ1) is 11.3. The summed E-state index contributed by atoms with van der Waals surface area (Å²) in [7, 11) is 0. The number of H-pyrrole nitrogens is 1. The molecule has 1 heterocycles. The molecule has 1 aromatic heterocycles. The van der Waals surface area contributed by atoms with Crippen molar-refractivity contribution < 1.29 is 22.7 Å². The molecule has 0 spiro atoms. The van der Waals surface area contributed by atoms with Crippen molar-refractivity contribution in [3.63, 3.8) is 0 Å². The van der Waals surface area contributed by atoms with E-state index in [1.165, 1.54) is 4.90 Å². The summed E-state index contributed by atoms with van der Waals surface area (Å²) in [5.41, 5.74) is -0.259. The van der Waals surface area contributed by atoms with Crippen molar-refractivity contribution in [2.75, 3.05) is 19.7 Å². The lowest BCUT2D eigenvalue weighted by Crippen LogP contribution is -2.34. The van der Waals surface area contributed by atoms with Crippen LogP contribution in [0.3, 0.4) is 0 Å². The predicted molar refractivity (Wildman–Crippen MR) is 81.8 cm³/mol. The minimum atomic E-state index is -4.56. The number of rotatable bonds is 6. The lowest BCUT2D eigenvalue weighted by molar-refractivity contribution is -0.141. The molecule has 0 aliphatic heterocycles. The maximum absolute atomic E-state index is 12.6. The van der Waals surface area contributed by atoms with E-state index in [0.29, 0.717) is 18.4 Å². The fraction of sp³-hybridized carbons (Fsp3) is 0.375. The quantitative estimate of drug-likeness (QED) is 0.877. The zero-order valence-electron chi connectivity index (χ0n) is 13.4. The molecule has 2 aromatic rings. The molecule has 0 saturated heterocycles. The second-order valence-corrected chi connectivity index (χ2v) is 5.21. The Morgan fingerprint density at radius 1 is 1.33 bits per heavy atom. The Kier molecular flexibility index (Phi) is 5.48. The van der Waals surface area contributed by atoms with Crippen molar-refractivity contribution in [3.8, 4) is 5.75 Å². The van der Waals surface area contributed by atoms with Gasteiger partial charge in [0.25, 0.3) is 5.91 Å². The van der Waals surface area contributed by atoms with Gasteiger partial charge in [-0.05, 0) is 31.5 Å². The minimum Gasteiger partial charge on any atom is -0.492 e. The summed E-state index contributed by atoms with van der Waals surface area (Å²) in [5.74, 6) is 0.106. The van der Waals surface area contributed by atoms with Gasteiger partial charge in [-0.3, -0.25) is 9.89 Å². The van der Waals surface area contributed by atoms with Gasteiger partial charge in [0.2, 0.25) is 0 Å². The summed E-state index contributed by atoms with van der Waals surface area (Å²) >= 11 is 0. The normalized spacial score (nSPS) is 11.4. The fourth-order valence-electron chi connectivity index (χ4n) is 2.12. The van der Waals surface area contributed by atoms with Crippen LogP contribution < -0.4 is 4.74 Å². The number of alkyl halides is 3. The number of benzene rings is 1. The Bertz CT molecular complexity index is 698. The van der Waals surface area contributed by atoms with E-state index in [9.17, 15) is 18.0 Å². The summed E-state index contributed by atoms with van der Waals surface area (Å²) in [6.07, 6.45) is -4.56. The van der Waals surface area contributed by atoms with E-state index >= 15 is 0 Å². The summed E-state index contributed by atoms with van der Waals surface area (Å²) in [6.45, 7) is 4.49. The van der Waals surface area contributed by atoms with Crippen LogP contribution in [0.4, 0.5) is 13.2 Å². The smallest absolute Gasteiger partial charge is 0.432 e. The van der Waals surface area contributed by atoms with E-state index in [1.54, 1.807) is 13.0 Å². The molecule has 1 N–H and O–H groups in total. The highest BCUT2D eigenvalue weighted by Gasteiger charge is 2.34. The highest BCUT2D eigenvalue weighted by atomic mass is 19.4. The van der Waals surface area contributed by atoms with Crippen molar-refractivity contribution in [2.45, 2.75) is 20.0 Å². The third-order valence-electron chi connectivity index (χ3n) is 3.39. The number of nitrogens with zero attached hydrogens (tertiary/aromatic N) is 2. The number of ether oxygens (including phenoxy) is 1. The number of carbonyl (C=O) groups is 1. The molecule has 8 heteroatoms. The molecule has 0 saturated carbocycles. The van der Waals surface area contributed by atoms with Crippen LogP contribution in [0.25, 0.3) is 0 Å². The van der Waals surface area contributed by atoms with Crippen LogP contribution in [0.15, 0.2) is 30.3 Å². The summed E-state index contributed by atoms with van der Waals surface area (Å²) in [6, 6.07) is 8.17. The number of aromatic amines is 1. The Morgan fingerprint density at radius 2 is 2.08 bits per heavy atom. The predicted octanol–water partition coefficient (Wildman–Crippen LogP) is 3.28. The van der Waals surface area contributed by atoms with Gasteiger partial charge in [0.1, 0.15) is 18.1 Å². The molecule has 0 aliphatic carbocycles. The van der Waals surface area contributed by atoms with Crippen LogP contribution in [0, 0.1) is 6.92 Å². The van der Waals surface area contributed by atoms with Crippen LogP contribution in [-0.4, -0.2) is 40.7 Å². The first-order valence-corrected chi connectivity index (χ1v) is 7.42. The molecule has 2 rings (SSSR count). The average Bonchev–Trinajstić information content (AvgIpc) is 3.01. The standard InChI is InChI=1S/C16H18F3N3O2/c1-3-22(7-8-24-12-6-4-5-11(2)9-12)15(23)13-10-14(21-20-13)16(17,18)19/h4-6,9-10H,3,7-8H2,1-2H3,(H,20,21). The highest BCUT2D eigenvalue weighted by Crippen LogP contribution is 2.27. The number of hydrogen-bond donors (Lipinski definition) is 1. The summed E-state index contributed by atoms with van der Waals surface area (Å²) in [5, 5.41) is 5.29. The number of nitrogens with one attached hydrogen (secondary N) is 1. The van der Waals surface area contributed by atoms with Crippen LogP contribution in [-0.2, 0) is 6.18 Å². The van der Waals surface area contributed by atoms with Gasteiger partial charge in [0, 0.05) is 12.6 Å². The zero-order valence-corrected chi connectivity index (χ0v) is 13.4. The second kappa shape index (κ2) is 7.37. The van der Waals surface area contributed by atoms with Crippen LogP contribution in [0.5, 0.6) is 5.75 Å². The van der Waals surface area contributed by atoms with E-state index in [2.05, 4.69) is 5.10 Å². The molecule has 0 atom stereocenters. The third kappa shape index (κ3) is 4.50. The van der Waals surface area contributed by atoms with Gasteiger partial charge in [-0.15, -0.1) is 0 Å². The molecular formula is C16H18F3N3O2. The van der Waals surface area contributed by atoms with Gasteiger partial charge in [-0.25, -0.2) is 0 Å². The largest absolute Gasteiger partial charge is 0.492 e. The van der Waals surface area contributed by atoms with Crippen molar-refractivity contribution in [3.05, 3.63) is 47.3 Å². The van der Waals surface area contributed by atoms with Crippen molar-refractivity contribution >= 4 is 5.91 Å². The molecular weight excluding hydrogens is 323 g/mol. The first-order valence-electron chi connectivity index (χ1n) is 7.42. The topological polar surface area (TPSA) is 58.2 Å². The number of likely N-dealkylation sites (N-methyl/N-ethyl adjacent to an activating group) is 1. The number of amides is 1. The van der Waals surface area contributed by atoms with Gasteiger partial charge >= 0.3 is 6.18 Å². The van der Waals surface area contributed by atoms with E-state index in [1.807, 2.05) is 30.2 Å². The van der Waals surface area contributed by atoms with E-state index < -0.39 is 17.8 Å². The van der Waals surface area contributed by atoms with Crippen molar-refractivity contribution in [1.29, 1.82) is 0 Å². The Labute approximate surface area is 137 Å². The third-order valence-corrected chi connectivity index (χ3v) is 3.39. The van der Waals surface area contributed by atoms with Gasteiger partial charge in [-0.2, -0.15) is 18.3 Å². The Morgan fingerprint density at radius 3 is 2.67 bits per heavy atom. The van der Waals surface area contributed by atoms with E-state index in [4.69, 9.17) is 4.74 Å². The molecule has 0 fully saturated rings. The molecule has 0 aliphatic rings. The summed E-state index contributed by atoms with van der Waals surface area (Å²) < 4.78 is 43.2. The fourth-order valence-corrected chi connectivity index (χ4v) is 2.12. The molecule has 1 amide bonds. The maximum Gasteiger partial charge on any atom is 0.432 e. The highest BCUT2D eigenvalue weighted by molar-refractivity contribution is 5.92. The van der Waals surface area contributed by atoms with Gasteiger partial charge < -0.3 is 9.64 Å². The van der Waals surface area contributed by atoms with Crippen LogP contribution >= 0.6 is 0 Å². The van der Waals surface area contributed by atoms with Gasteiger partial charge in [-0.1, -0.05) is 12.1 Å². The Balaban J connectivity index is 1.95. The molecule has 0 unspecified atom stereocenters. The molecule has 5 nitrogen and oxygen atoms in total. The maximum atomic E-state index is 12.6. The average molecular weight is 341 g/mol. The lowest BCUT2D eigenvalue weighted by Gasteiger charge is -2.20. The van der Waals surface area contributed by atoms with E-state index in [-0.39, 0.29) is 18.8 Å². The minimum absolute atomic E-state index is 0.236. The zero-order chi connectivity index (χ0) is 17.7. The number of aryl methyl sites for hydroxylation is 1.